The first-order chi connectivity index (χ1) is 8.74. The summed E-state index contributed by atoms with van der Waals surface area (Å²) in [6.07, 6.45) is 2.65. The van der Waals surface area contributed by atoms with Gasteiger partial charge in [0, 0.05) is 12.6 Å². The molecule has 0 bridgehead atoms. The quantitative estimate of drug-likeness (QED) is 0.744. The van der Waals surface area contributed by atoms with Gasteiger partial charge in [-0.2, -0.15) is 0 Å². The fraction of sp³-hybridized carbons (Fsp3) is 0.143. The Kier molecular flexibility index (Phi) is 2.48. The second-order valence-corrected chi connectivity index (χ2v) is 4.42. The lowest BCUT2D eigenvalue weighted by molar-refractivity contribution is 0.935. The summed E-state index contributed by atoms with van der Waals surface area (Å²) in [4.78, 5) is 0. The number of fused-ring (bicyclic) bond motifs is 1. The summed E-state index contributed by atoms with van der Waals surface area (Å²) in [5.74, 6) is 0.905. The predicted octanol–water partition coefficient (Wildman–Crippen LogP) is 2.21. The second-order valence-electron chi connectivity index (χ2n) is 4.42. The molecule has 0 saturated heterocycles. The monoisotopic (exact) mass is 238 g/mol. The number of anilines is 1. The number of benzene rings is 1. The van der Waals surface area contributed by atoms with Crippen molar-refractivity contribution in [1.29, 1.82) is 0 Å². The first kappa shape index (κ1) is 10.8. The van der Waals surface area contributed by atoms with Crippen molar-refractivity contribution in [1.82, 2.24) is 14.6 Å². The van der Waals surface area contributed by atoms with Gasteiger partial charge >= 0.3 is 0 Å². The van der Waals surface area contributed by atoms with Crippen molar-refractivity contribution in [2.45, 2.75) is 13.3 Å². The number of aryl methyl sites for hydroxylation is 1. The maximum absolute atomic E-state index is 5.93. The molecule has 0 spiro atoms. The van der Waals surface area contributed by atoms with E-state index in [1.807, 2.05) is 41.8 Å². The highest BCUT2D eigenvalue weighted by Gasteiger charge is 2.07. The number of pyridine rings is 1. The molecule has 18 heavy (non-hydrogen) atoms. The van der Waals surface area contributed by atoms with Gasteiger partial charge < -0.3 is 5.73 Å². The largest absolute Gasteiger partial charge is 0.397 e. The zero-order valence-corrected chi connectivity index (χ0v) is 10.2. The van der Waals surface area contributed by atoms with E-state index in [4.69, 9.17) is 5.73 Å². The van der Waals surface area contributed by atoms with Gasteiger partial charge in [-0.15, -0.1) is 10.2 Å². The maximum Gasteiger partial charge on any atom is 0.161 e. The van der Waals surface area contributed by atoms with Crippen molar-refractivity contribution >= 4 is 11.3 Å². The van der Waals surface area contributed by atoms with E-state index >= 15 is 0 Å². The third-order valence-corrected chi connectivity index (χ3v) is 3.07. The third-order valence-electron chi connectivity index (χ3n) is 3.07. The summed E-state index contributed by atoms with van der Waals surface area (Å²) < 4.78 is 1.95. The molecule has 4 nitrogen and oxygen atoms in total. The highest BCUT2D eigenvalue weighted by Crippen LogP contribution is 2.15. The molecular weight excluding hydrogens is 224 g/mol. The minimum absolute atomic E-state index is 0.754. The number of hydrogen-bond acceptors (Lipinski definition) is 3. The number of nitrogen functional groups attached to an aromatic ring is 1. The van der Waals surface area contributed by atoms with E-state index in [1.54, 1.807) is 0 Å². The molecule has 4 heteroatoms. The summed E-state index contributed by atoms with van der Waals surface area (Å²) in [6.45, 7) is 1.97. The van der Waals surface area contributed by atoms with E-state index in [9.17, 15) is 0 Å². The Labute approximate surface area is 105 Å². The van der Waals surface area contributed by atoms with Gasteiger partial charge in [-0.1, -0.05) is 30.3 Å². The lowest BCUT2D eigenvalue weighted by Gasteiger charge is -2.03. The molecule has 0 amide bonds. The maximum atomic E-state index is 5.93. The van der Waals surface area contributed by atoms with Crippen LogP contribution in [0.3, 0.4) is 0 Å². The van der Waals surface area contributed by atoms with Crippen LogP contribution in [-0.4, -0.2) is 14.6 Å². The Morgan fingerprint density at radius 1 is 1.17 bits per heavy atom. The SMILES string of the molecule is Cc1cc2nnc(Cc3ccccc3)n2cc1N. The van der Waals surface area contributed by atoms with Crippen molar-refractivity contribution in [2.24, 2.45) is 0 Å². The average Bonchev–Trinajstić information content (AvgIpc) is 2.74. The van der Waals surface area contributed by atoms with Crippen molar-refractivity contribution < 1.29 is 0 Å². The molecule has 1 aromatic carbocycles. The summed E-state index contributed by atoms with van der Waals surface area (Å²) >= 11 is 0. The fourth-order valence-corrected chi connectivity index (χ4v) is 1.99. The third kappa shape index (κ3) is 1.82. The van der Waals surface area contributed by atoms with Crippen LogP contribution in [0.25, 0.3) is 5.65 Å². The normalized spacial score (nSPS) is 10.9. The Balaban J connectivity index is 2.05. The fourth-order valence-electron chi connectivity index (χ4n) is 1.99. The summed E-state index contributed by atoms with van der Waals surface area (Å²) in [5.41, 5.74) is 9.77. The van der Waals surface area contributed by atoms with Gasteiger partial charge in [-0.3, -0.25) is 4.40 Å². The van der Waals surface area contributed by atoms with Crippen LogP contribution in [-0.2, 0) is 6.42 Å². The van der Waals surface area contributed by atoms with Crippen LogP contribution in [0.2, 0.25) is 0 Å². The molecule has 0 aliphatic heterocycles. The van der Waals surface area contributed by atoms with E-state index in [0.717, 1.165) is 29.1 Å². The molecule has 0 saturated carbocycles. The van der Waals surface area contributed by atoms with Gasteiger partial charge in [0.05, 0.1) is 5.69 Å². The van der Waals surface area contributed by atoms with E-state index in [0.29, 0.717) is 0 Å². The molecule has 2 aromatic heterocycles. The Bertz CT molecular complexity index is 686. The highest BCUT2D eigenvalue weighted by molar-refractivity contribution is 5.53. The lowest BCUT2D eigenvalue weighted by Crippen LogP contribution is -1.99. The summed E-state index contributed by atoms with van der Waals surface area (Å²) in [7, 11) is 0. The molecule has 0 unspecified atom stereocenters. The molecule has 0 radical (unpaired) electrons. The van der Waals surface area contributed by atoms with Crippen LogP contribution in [0.15, 0.2) is 42.6 Å². The predicted molar refractivity (Wildman–Crippen MR) is 71.4 cm³/mol. The van der Waals surface area contributed by atoms with Gasteiger partial charge in [0.15, 0.2) is 5.65 Å². The molecule has 3 rings (SSSR count). The van der Waals surface area contributed by atoms with Crippen LogP contribution >= 0.6 is 0 Å². The van der Waals surface area contributed by atoms with E-state index in [2.05, 4.69) is 22.3 Å². The van der Waals surface area contributed by atoms with Crippen molar-refractivity contribution in [2.75, 3.05) is 5.73 Å². The van der Waals surface area contributed by atoms with Gasteiger partial charge in [-0.25, -0.2) is 0 Å². The highest BCUT2D eigenvalue weighted by atomic mass is 15.2. The number of hydrogen-bond donors (Lipinski definition) is 1. The van der Waals surface area contributed by atoms with E-state index < -0.39 is 0 Å². The molecule has 0 aliphatic carbocycles. The van der Waals surface area contributed by atoms with Gasteiger partial charge in [0.1, 0.15) is 5.82 Å². The Morgan fingerprint density at radius 2 is 1.94 bits per heavy atom. The van der Waals surface area contributed by atoms with Crippen molar-refractivity contribution in [3.05, 3.63) is 59.5 Å². The molecule has 2 N–H and O–H groups in total. The van der Waals surface area contributed by atoms with Crippen LogP contribution in [0, 0.1) is 6.92 Å². The Hall–Kier alpha value is -2.36. The number of nitrogens with two attached hydrogens (primary N) is 1. The van der Waals surface area contributed by atoms with Crippen molar-refractivity contribution in [3.63, 3.8) is 0 Å². The Morgan fingerprint density at radius 3 is 2.72 bits per heavy atom. The van der Waals surface area contributed by atoms with Gasteiger partial charge in [0.2, 0.25) is 0 Å². The zero-order chi connectivity index (χ0) is 12.5. The number of nitrogens with zero attached hydrogens (tertiary/aromatic N) is 3. The smallest absolute Gasteiger partial charge is 0.161 e. The molecule has 3 aromatic rings. The van der Waals surface area contributed by atoms with Crippen LogP contribution < -0.4 is 5.73 Å². The van der Waals surface area contributed by atoms with E-state index in [1.165, 1.54) is 5.56 Å². The molecule has 0 atom stereocenters. The minimum atomic E-state index is 0.754. The zero-order valence-electron chi connectivity index (χ0n) is 10.2. The molecule has 0 fully saturated rings. The molecular formula is C14H14N4. The molecule has 2 heterocycles. The second kappa shape index (κ2) is 4.14. The first-order valence-electron chi connectivity index (χ1n) is 5.88. The molecule has 90 valence electrons. The van der Waals surface area contributed by atoms with Crippen molar-refractivity contribution in [3.8, 4) is 0 Å². The number of aromatic nitrogens is 3. The topological polar surface area (TPSA) is 56.2 Å². The van der Waals surface area contributed by atoms with Crippen LogP contribution in [0.1, 0.15) is 17.0 Å². The van der Waals surface area contributed by atoms with Gasteiger partial charge in [0.25, 0.3) is 0 Å². The lowest BCUT2D eigenvalue weighted by atomic mass is 10.1. The van der Waals surface area contributed by atoms with Crippen LogP contribution in [0.5, 0.6) is 0 Å². The van der Waals surface area contributed by atoms with E-state index in [-0.39, 0.29) is 0 Å². The van der Waals surface area contributed by atoms with Gasteiger partial charge in [-0.05, 0) is 24.1 Å². The molecule has 0 aliphatic rings. The summed E-state index contributed by atoms with van der Waals surface area (Å²) in [5, 5.41) is 8.40. The standard InChI is InChI=1S/C14H14N4/c1-10-7-13-16-17-14(18(13)9-12(10)15)8-11-5-3-2-4-6-11/h2-7,9H,8,15H2,1H3. The first-order valence-corrected chi connectivity index (χ1v) is 5.88. The minimum Gasteiger partial charge on any atom is -0.397 e. The number of rotatable bonds is 2. The summed E-state index contributed by atoms with van der Waals surface area (Å²) in [6, 6.07) is 12.2. The average molecular weight is 238 g/mol. The van der Waals surface area contributed by atoms with Crippen LogP contribution in [0.4, 0.5) is 5.69 Å².